The van der Waals surface area contributed by atoms with Gasteiger partial charge in [-0.15, -0.1) is 0 Å². The molecule has 0 radical (unpaired) electrons. The zero-order chi connectivity index (χ0) is 14.0. The predicted molar refractivity (Wildman–Crippen MR) is 67.1 cm³/mol. The van der Waals surface area contributed by atoms with Gasteiger partial charge >= 0.3 is 0 Å². The van der Waals surface area contributed by atoms with E-state index in [9.17, 15) is 17.9 Å². The van der Waals surface area contributed by atoms with Crippen molar-refractivity contribution in [3.63, 3.8) is 0 Å². The van der Waals surface area contributed by atoms with E-state index in [0.29, 0.717) is 0 Å². The molecule has 0 aliphatic rings. The molecule has 1 rings (SSSR count). The van der Waals surface area contributed by atoms with Gasteiger partial charge in [0, 0.05) is 6.54 Å². The lowest BCUT2D eigenvalue weighted by Gasteiger charge is -2.25. The van der Waals surface area contributed by atoms with Crippen molar-refractivity contribution in [2.45, 2.75) is 31.8 Å². The van der Waals surface area contributed by atoms with Crippen LogP contribution in [0.15, 0.2) is 29.2 Å². The summed E-state index contributed by atoms with van der Waals surface area (Å²) >= 11 is 0. The first-order valence-corrected chi connectivity index (χ1v) is 7.04. The van der Waals surface area contributed by atoms with Gasteiger partial charge in [-0.05, 0) is 29.7 Å². The topological polar surface area (TPSA) is 66.4 Å². The first-order valence-electron chi connectivity index (χ1n) is 5.56. The first kappa shape index (κ1) is 15.1. The van der Waals surface area contributed by atoms with Crippen molar-refractivity contribution >= 4 is 10.0 Å². The van der Waals surface area contributed by atoms with Gasteiger partial charge in [-0.25, -0.2) is 17.5 Å². The van der Waals surface area contributed by atoms with Crippen molar-refractivity contribution in [2.75, 3.05) is 6.54 Å². The van der Waals surface area contributed by atoms with E-state index in [0.717, 1.165) is 12.1 Å². The molecule has 1 aromatic rings. The number of sulfonamides is 1. The van der Waals surface area contributed by atoms with E-state index in [2.05, 4.69) is 4.72 Å². The van der Waals surface area contributed by atoms with Gasteiger partial charge in [0.25, 0.3) is 0 Å². The minimum absolute atomic E-state index is 0.0231. The molecule has 1 aromatic carbocycles. The monoisotopic (exact) mass is 275 g/mol. The fourth-order valence-electron chi connectivity index (χ4n) is 1.19. The van der Waals surface area contributed by atoms with Gasteiger partial charge in [-0.3, -0.25) is 0 Å². The zero-order valence-electron chi connectivity index (χ0n) is 10.6. The SMILES string of the molecule is CC(C)(C)C(O)CNS(=O)(=O)c1ccc(F)cc1. The second-order valence-corrected chi connectivity index (χ2v) is 6.95. The van der Waals surface area contributed by atoms with Crippen molar-refractivity contribution in [3.05, 3.63) is 30.1 Å². The normalized spacial score (nSPS) is 14.5. The molecule has 1 unspecified atom stereocenters. The van der Waals surface area contributed by atoms with Crippen LogP contribution in [-0.2, 0) is 10.0 Å². The summed E-state index contributed by atoms with van der Waals surface area (Å²) in [5.41, 5.74) is -0.411. The molecular weight excluding hydrogens is 257 g/mol. The molecule has 0 amide bonds. The molecule has 0 aromatic heterocycles. The number of halogens is 1. The highest BCUT2D eigenvalue weighted by Gasteiger charge is 2.24. The zero-order valence-corrected chi connectivity index (χ0v) is 11.5. The van der Waals surface area contributed by atoms with E-state index in [1.807, 2.05) is 20.8 Å². The Labute approximate surface area is 107 Å². The van der Waals surface area contributed by atoms with E-state index in [4.69, 9.17) is 0 Å². The minimum Gasteiger partial charge on any atom is -0.391 e. The maximum Gasteiger partial charge on any atom is 0.240 e. The molecule has 6 heteroatoms. The second-order valence-electron chi connectivity index (χ2n) is 5.19. The summed E-state index contributed by atoms with van der Waals surface area (Å²) in [7, 11) is -3.71. The Bertz CT molecular complexity index is 491. The van der Waals surface area contributed by atoms with Crippen LogP contribution in [0, 0.1) is 11.2 Å². The first-order chi connectivity index (χ1) is 8.13. The van der Waals surface area contributed by atoms with Crippen LogP contribution >= 0.6 is 0 Å². The van der Waals surface area contributed by atoms with Gasteiger partial charge in [0.05, 0.1) is 11.0 Å². The maximum atomic E-state index is 12.7. The van der Waals surface area contributed by atoms with Gasteiger partial charge in [-0.1, -0.05) is 20.8 Å². The average molecular weight is 275 g/mol. The summed E-state index contributed by atoms with van der Waals surface area (Å²) in [6.07, 6.45) is -0.798. The Morgan fingerprint density at radius 2 is 1.78 bits per heavy atom. The van der Waals surface area contributed by atoms with Gasteiger partial charge in [-0.2, -0.15) is 0 Å². The van der Waals surface area contributed by atoms with Crippen LogP contribution in [-0.4, -0.2) is 26.2 Å². The van der Waals surface area contributed by atoms with Crippen LogP contribution in [0.5, 0.6) is 0 Å². The molecule has 0 bridgehead atoms. The van der Waals surface area contributed by atoms with Crippen molar-refractivity contribution in [3.8, 4) is 0 Å². The second kappa shape index (κ2) is 5.34. The van der Waals surface area contributed by atoms with Crippen molar-refractivity contribution in [1.29, 1.82) is 0 Å². The summed E-state index contributed by atoms with van der Waals surface area (Å²) in [6, 6.07) is 4.52. The average Bonchev–Trinajstić information content (AvgIpc) is 2.25. The minimum atomic E-state index is -3.71. The van der Waals surface area contributed by atoms with E-state index in [-0.39, 0.29) is 11.4 Å². The number of aliphatic hydroxyl groups excluding tert-OH is 1. The van der Waals surface area contributed by atoms with Crippen molar-refractivity contribution in [2.24, 2.45) is 5.41 Å². The summed E-state index contributed by atoms with van der Waals surface area (Å²) in [5.74, 6) is -0.497. The molecule has 4 nitrogen and oxygen atoms in total. The summed E-state index contributed by atoms with van der Waals surface area (Å²) < 4.78 is 38.7. The molecule has 2 N–H and O–H groups in total. The Morgan fingerprint density at radius 3 is 2.22 bits per heavy atom. The largest absolute Gasteiger partial charge is 0.391 e. The van der Waals surface area contributed by atoms with Gasteiger partial charge in [0.15, 0.2) is 0 Å². The third kappa shape index (κ3) is 4.04. The molecule has 0 spiro atoms. The molecule has 1 atom stereocenters. The Morgan fingerprint density at radius 1 is 1.28 bits per heavy atom. The number of hydrogen-bond donors (Lipinski definition) is 2. The van der Waals surface area contributed by atoms with Crippen LogP contribution in [0.3, 0.4) is 0 Å². The van der Waals surface area contributed by atoms with E-state index in [1.54, 1.807) is 0 Å². The summed E-state index contributed by atoms with van der Waals surface area (Å²) in [4.78, 5) is -0.0231. The molecule has 0 saturated carbocycles. The Kier molecular flexibility index (Phi) is 4.47. The highest BCUT2D eigenvalue weighted by Crippen LogP contribution is 2.19. The number of aliphatic hydroxyl groups is 1. The van der Waals surface area contributed by atoms with Gasteiger partial charge in [0.2, 0.25) is 10.0 Å². The lowest BCUT2D eigenvalue weighted by atomic mass is 9.89. The number of benzene rings is 1. The van der Waals surface area contributed by atoms with Gasteiger partial charge in [0.1, 0.15) is 5.82 Å². The third-order valence-electron chi connectivity index (χ3n) is 2.59. The molecule has 0 saturated heterocycles. The molecular formula is C12H18FNO3S. The summed E-state index contributed by atoms with van der Waals surface area (Å²) in [5, 5.41) is 9.75. The van der Waals surface area contributed by atoms with Crippen LogP contribution in [0.1, 0.15) is 20.8 Å². The van der Waals surface area contributed by atoms with Crippen molar-refractivity contribution in [1.82, 2.24) is 4.72 Å². The highest BCUT2D eigenvalue weighted by molar-refractivity contribution is 7.89. The molecule has 18 heavy (non-hydrogen) atoms. The molecule has 0 aliphatic carbocycles. The standard InChI is InChI=1S/C12H18FNO3S/c1-12(2,3)11(15)8-14-18(16,17)10-6-4-9(13)5-7-10/h4-7,11,14-15H,8H2,1-3H3. The lowest BCUT2D eigenvalue weighted by molar-refractivity contribution is 0.0677. The quantitative estimate of drug-likeness (QED) is 0.875. The van der Waals surface area contributed by atoms with E-state index >= 15 is 0 Å². The fraction of sp³-hybridized carbons (Fsp3) is 0.500. The number of rotatable bonds is 4. The van der Waals surface area contributed by atoms with Crippen LogP contribution in [0.2, 0.25) is 0 Å². The smallest absolute Gasteiger partial charge is 0.240 e. The fourth-order valence-corrected chi connectivity index (χ4v) is 2.23. The van der Waals surface area contributed by atoms with Crippen LogP contribution in [0.25, 0.3) is 0 Å². The number of nitrogens with one attached hydrogen (secondary N) is 1. The Balaban J connectivity index is 2.75. The Hall–Kier alpha value is -0.980. The van der Waals surface area contributed by atoms with Crippen LogP contribution in [0.4, 0.5) is 4.39 Å². The third-order valence-corrected chi connectivity index (χ3v) is 4.03. The molecule has 0 fully saturated rings. The summed E-state index contributed by atoms with van der Waals surface area (Å²) in [6.45, 7) is 5.35. The maximum absolute atomic E-state index is 12.7. The number of hydrogen-bond acceptors (Lipinski definition) is 3. The van der Waals surface area contributed by atoms with Crippen molar-refractivity contribution < 1.29 is 17.9 Å². The highest BCUT2D eigenvalue weighted by atomic mass is 32.2. The van der Waals surface area contributed by atoms with Gasteiger partial charge < -0.3 is 5.11 Å². The van der Waals surface area contributed by atoms with E-state index in [1.165, 1.54) is 12.1 Å². The molecule has 0 heterocycles. The van der Waals surface area contributed by atoms with Crippen LogP contribution < -0.4 is 4.72 Å². The molecule has 0 aliphatic heterocycles. The predicted octanol–water partition coefficient (Wildman–Crippen LogP) is 1.51. The van der Waals surface area contributed by atoms with E-state index < -0.39 is 27.4 Å². The molecule has 102 valence electrons. The lowest BCUT2D eigenvalue weighted by Crippen LogP contribution is -2.39.